The van der Waals surface area contributed by atoms with Gasteiger partial charge in [-0.3, -0.25) is 4.72 Å². The standard InChI is InChI=1S/C12H19NO3S/c1-9(13-17-4)8-16-10-5-6-11(14-2)12(7-10)15-3/h5-7,9,13H,8H2,1-4H3. The molecule has 0 aliphatic heterocycles. The second kappa shape index (κ2) is 7.29. The highest BCUT2D eigenvalue weighted by Crippen LogP contribution is 2.30. The minimum absolute atomic E-state index is 0.290. The SMILES string of the molecule is COc1ccc(OCC(C)NSC)cc1OC. The summed E-state index contributed by atoms with van der Waals surface area (Å²) in [5.41, 5.74) is 0. The van der Waals surface area contributed by atoms with E-state index in [1.807, 2.05) is 24.5 Å². The average molecular weight is 257 g/mol. The number of methoxy groups -OCH3 is 2. The Balaban J connectivity index is 2.60. The van der Waals surface area contributed by atoms with Crippen LogP contribution < -0.4 is 18.9 Å². The number of hydrogen-bond donors (Lipinski definition) is 1. The summed E-state index contributed by atoms with van der Waals surface area (Å²) >= 11 is 1.58. The van der Waals surface area contributed by atoms with E-state index in [0.29, 0.717) is 18.1 Å². The van der Waals surface area contributed by atoms with E-state index in [1.165, 1.54) is 0 Å². The molecular formula is C12H19NO3S. The van der Waals surface area contributed by atoms with Crippen molar-refractivity contribution in [1.82, 2.24) is 4.72 Å². The van der Waals surface area contributed by atoms with Crippen LogP contribution in [0.15, 0.2) is 18.2 Å². The molecule has 1 unspecified atom stereocenters. The number of hydrogen-bond acceptors (Lipinski definition) is 5. The molecule has 0 radical (unpaired) electrons. The van der Waals surface area contributed by atoms with Gasteiger partial charge in [0.25, 0.3) is 0 Å². The zero-order valence-corrected chi connectivity index (χ0v) is 11.5. The highest BCUT2D eigenvalue weighted by Gasteiger charge is 2.06. The molecule has 5 heteroatoms. The van der Waals surface area contributed by atoms with Crippen molar-refractivity contribution in [3.8, 4) is 17.2 Å². The number of nitrogens with one attached hydrogen (secondary N) is 1. The summed E-state index contributed by atoms with van der Waals surface area (Å²) in [5.74, 6) is 2.16. The van der Waals surface area contributed by atoms with Crippen LogP contribution in [0.1, 0.15) is 6.92 Å². The molecule has 1 aromatic rings. The van der Waals surface area contributed by atoms with Crippen LogP contribution >= 0.6 is 11.9 Å². The van der Waals surface area contributed by atoms with Gasteiger partial charge in [-0.1, -0.05) is 11.9 Å². The number of benzene rings is 1. The molecule has 96 valence electrons. The van der Waals surface area contributed by atoms with Gasteiger partial charge in [0.05, 0.1) is 14.2 Å². The molecule has 0 bridgehead atoms. The first-order valence-corrected chi connectivity index (χ1v) is 6.57. The largest absolute Gasteiger partial charge is 0.493 e. The Morgan fingerprint density at radius 1 is 1.24 bits per heavy atom. The first kappa shape index (κ1) is 14.0. The lowest BCUT2D eigenvalue weighted by atomic mass is 10.3. The van der Waals surface area contributed by atoms with E-state index in [2.05, 4.69) is 11.6 Å². The van der Waals surface area contributed by atoms with Crippen LogP contribution in [0.3, 0.4) is 0 Å². The highest BCUT2D eigenvalue weighted by atomic mass is 32.2. The third-order valence-electron chi connectivity index (χ3n) is 2.17. The van der Waals surface area contributed by atoms with E-state index in [9.17, 15) is 0 Å². The lowest BCUT2D eigenvalue weighted by molar-refractivity contribution is 0.286. The minimum atomic E-state index is 0.290. The van der Waals surface area contributed by atoms with Crippen molar-refractivity contribution in [2.45, 2.75) is 13.0 Å². The van der Waals surface area contributed by atoms with Gasteiger partial charge < -0.3 is 14.2 Å². The first-order chi connectivity index (χ1) is 8.21. The zero-order valence-electron chi connectivity index (χ0n) is 10.6. The van der Waals surface area contributed by atoms with Gasteiger partial charge >= 0.3 is 0 Å². The van der Waals surface area contributed by atoms with E-state index in [-0.39, 0.29) is 6.04 Å². The molecule has 4 nitrogen and oxygen atoms in total. The van der Waals surface area contributed by atoms with Crippen LogP contribution in [-0.2, 0) is 0 Å². The fraction of sp³-hybridized carbons (Fsp3) is 0.500. The van der Waals surface area contributed by atoms with Crippen LogP contribution in [-0.4, -0.2) is 33.1 Å². The van der Waals surface area contributed by atoms with Gasteiger partial charge in [-0.25, -0.2) is 0 Å². The van der Waals surface area contributed by atoms with E-state index >= 15 is 0 Å². The van der Waals surface area contributed by atoms with E-state index in [0.717, 1.165) is 5.75 Å². The second-order valence-electron chi connectivity index (χ2n) is 3.55. The monoisotopic (exact) mass is 257 g/mol. The quantitative estimate of drug-likeness (QED) is 0.759. The summed E-state index contributed by atoms with van der Waals surface area (Å²) < 4.78 is 19.2. The van der Waals surface area contributed by atoms with Crippen LogP contribution in [0.25, 0.3) is 0 Å². The highest BCUT2D eigenvalue weighted by molar-refractivity contribution is 7.96. The molecule has 0 aliphatic rings. The molecule has 0 saturated heterocycles. The number of rotatable bonds is 7. The summed E-state index contributed by atoms with van der Waals surface area (Å²) in [6, 6.07) is 5.82. The first-order valence-electron chi connectivity index (χ1n) is 5.34. The Bertz CT molecular complexity index is 347. The number of ether oxygens (including phenoxy) is 3. The molecule has 1 N–H and O–H groups in total. The van der Waals surface area contributed by atoms with Crippen LogP contribution in [0.5, 0.6) is 17.2 Å². The molecule has 17 heavy (non-hydrogen) atoms. The molecule has 0 amide bonds. The fourth-order valence-electron chi connectivity index (χ4n) is 1.36. The topological polar surface area (TPSA) is 39.7 Å². The Kier molecular flexibility index (Phi) is 6.00. The molecule has 1 rings (SSSR count). The summed E-state index contributed by atoms with van der Waals surface area (Å²) in [7, 11) is 3.22. The zero-order chi connectivity index (χ0) is 12.7. The predicted molar refractivity (Wildman–Crippen MR) is 71.2 cm³/mol. The maximum absolute atomic E-state index is 5.65. The van der Waals surface area contributed by atoms with Crippen molar-refractivity contribution < 1.29 is 14.2 Å². The molecule has 0 aliphatic carbocycles. The molecular weight excluding hydrogens is 238 g/mol. The lowest BCUT2D eigenvalue weighted by Gasteiger charge is -2.14. The third-order valence-corrected chi connectivity index (χ3v) is 2.81. The summed E-state index contributed by atoms with van der Waals surface area (Å²) in [4.78, 5) is 0. The Hall–Kier alpha value is -1.07. The van der Waals surface area contributed by atoms with E-state index < -0.39 is 0 Å². The van der Waals surface area contributed by atoms with Crippen LogP contribution in [0.4, 0.5) is 0 Å². The molecule has 0 aromatic heterocycles. The van der Waals surface area contributed by atoms with Gasteiger partial charge in [-0.15, -0.1) is 0 Å². The second-order valence-corrected chi connectivity index (χ2v) is 4.19. The van der Waals surface area contributed by atoms with Gasteiger partial charge in [0.2, 0.25) is 0 Å². The minimum Gasteiger partial charge on any atom is -0.493 e. The molecule has 0 spiro atoms. The van der Waals surface area contributed by atoms with Crippen molar-refractivity contribution in [2.75, 3.05) is 27.1 Å². The fourth-order valence-corrected chi connectivity index (χ4v) is 1.83. The Morgan fingerprint density at radius 2 is 1.94 bits per heavy atom. The van der Waals surface area contributed by atoms with E-state index in [1.54, 1.807) is 26.2 Å². The van der Waals surface area contributed by atoms with Crippen molar-refractivity contribution in [2.24, 2.45) is 0 Å². The normalized spacial score (nSPS) is 12.0. The smallest absolute Gasteiger partial charge is 0.164 e. The molecule has 0 fully saturated rings. The maximum atomic E-state index is 5.65. The average Bonchev–Trinajstić information content (AvgIpc) is 2.36. The lowest BCUT2D eigenvalue weighted by Crippen LogP contribution is -2.26. The van der Waals surface area contributed by atoms with Gasteiger partial charge in [0.1, 0.15) is 12.4 Å². The van der Waals surface area contributed by atoms with Gasteiger partial charge in [0, 0.05) is 12.1 Å². The maximum Gasteiger partial charge on any atom is 0.164 e. The molecule has 0 heterocycles. The molecule has 1 atom stereocenters. The summed E-state index contributed by atoms with van der Waals surface area (Å²) in [6.45, 7) is 2.67. The summed E-state index contributed by atoms with van der Waals surface area (Å²) in [5, 5.41) is 0. The van der Waals surface area contributed by atoms with Gasteiger partial charge in [-0.2, -0.15) is 0 Å². The van der Waals surface area contributed by atoms with Crippen LogP contribution in [0, 0.1) is 0 Å². The van der Waals surface area contributed by atoms with Crippen molar-refractivity contribution in [3.05, 3.63) is 18.2 Å². The van der Waals surface area contributed by atoms with Crippen LogP contribution in [0.2, 0.25) is 0 Å². The predicted octanol–water partition coefficient (Wildman–Crippen LogP) is 2.34. The van der Waals surface area contributed by atoms with Crippen molar-refractivity contribution in [3.63, 3.8) is 0 Å². The Labute approximate surface area is 107 Å². The van der Waals surface area contributed by atoms with Crippen molar-refractivity contribution in [1.29, 1.82) is 0 Å². The Morgan fingerprint density at radius 3 is 2.53 bits per heavy atom. The van der Waals surface area contributed by atoms with Gasteiger partial charge in [0.15, 0.2) is 11.5 Å². The van der Waals surface area contributed by atoms with Gasteiger partial charge in [-0.05, 0) is 25.3 Å². The molecule has 0 saturated carbocycles. The van der Waals surface area contributed by atoms with Crippen molar-refractivity contribution >= 4 is 11.9 Å². The van der Waals surface area contributed by atoms with E-state index in [4.69, 9.17) is 14.2 Å². The summed E-state index contributed by atoms with van der Waals surface area (Å²) in [6.07, 6.45) is 1.99. The third kappa shape index (κ3) is 4.36. The molecule has 1 aromatic carbocycles.